The molecule has 2 heterocycles. The van der Waals surface area contributed by atoms with Gasteiger partial charge in [0.1, 0.15) is 0 Å². The third-order valence-electron chi connectivity index (χ3n) is 2.73. The van der Waals surface area contributed by atoms with Gasteiger partial charge in [0, 0.05) is 30.8 Å². The number of hydrogen-bond donors (Lipinski definition) is 2. The Morgan fingerprint density at radius 2 is 2.53 bits per heavy atom. The maximum Gasteiger partial charge on any atom is 0.221 e. The van der Waals surface area contributed by atoms with E-state index in [1.54, 1.807) is 0 Å². The topological polar surface area (TPSA) is 50.4 Å². The van der Waals surface area contributed by atoms with Crippen LogP contribution < -0.4 is 10.6 Å². The zero-order valence-electron chi connectivity index (χ0n) is 8.83. The zero-order valence-corrected chi connectivity index (χ0v) is 9.65. The van der Waals surface area contributed by atoms with Crippen LogP contribution in [-0.4, -0.2) is 49.3 Å². The highest BCUT2D eigenvalue weighted by atomic mass is 32.2. The summed E-state index contributed by atoms with van der Waals surface area (Å²) >= 11 is 1.92. The largest absolute Gasteiger partial charge is 0.378 e. The standard InChI is InChI=1S/C10H18N2O2S/c13-10(12-8-1-4-15-7-8)5-9-6-14-3-2-11-9/h8-9,11H,1-7H2,(H,12,13). The highest BCUT2D eigenvalue weighted by Crippen LogP contribution is 2.17. The van der Waals surface area contributed by atoms with Gasteiger partial charge in [-0.3, -0.25) is 4.79 Å². The van der Waals surface area contributed by atoms with Crippen molar-refractivity contribution in [3.63, 3.8) is 0 Å². The minimum Gasteiger partial charge on any atom is -0.378 e. The third kappa shape index (κ3) is 3.66. The smallest absolute Gasteiger partial charge is 0.221 e. The fourth-order valence-corrected chi connectivity index (χ4v) is 3.06. The van der Waals surface area contributed by atoms with Crippen LogP contribution in [0.4, 0.5) is 0 Å². The summed E-state index contributed by atoms with van der Waals surface area (Å²) < 4.78 is 5.31. The summed E-state index contributed by atoms with van der Waals surface area (Å²) in [7, 11) is 0. The van der Waals surface area contributed by atoms with Gasteiger partial charge in [0.25, 0.3) is 0 Å². The minimum atomic E-state index is 0.158. The molecule has 0 saturated carbocycles. The lowest BCUT2D eigenvalue weighted by Gasteiger charge is -2.23. The highest BCUT2D eigenvalue weighted by molar-refractivity contribution is 7.99. The molecule has 0 aromatic heterocycles. The number of ether oxygens (including phenoxy) is 1. The van der Waals surface area contributed by atoms with E-state index in [9.17, 15) is 4.79 Å². The summed E-state index contributed by atoms with van der Waals surface area (Å²) in [6, 6.07) is 0.597. The number of morpholine rings is 1. The van der Waals surface area contributed by atoms with Crippen molar-refractivity contribution in [3.05, 3.63) is 0 Å². The van der Waals surface area contributed by atoms with Crippen LogP contribution in [0.5, 0.6) is 0 Å². The number of carbonyl (C=O) groups is 1. The van der Waals surface area contributed by atoms with Crippen molar-refractivity contribution in [2.45, 2.75) is 24.9 Å². The van der Waals surface area contributed by atoms with Crippen LogP contribution >= 0.6 is 11.8 Å². The first-order valence-corrected chi connectivity index (χ1v) is 6.68. The molecule has 0 aromatic carbocycles. The van der Waals surface area contributed by atoms with Crippen molar-refractivity contribution < 1.29 is 9.53 Å². The van der Waals surface area contributed by atoms with E-state index >= 15 is 0 Å². The molecule has 0 aliphatic carbocycles. The molecule has 2 fully saturated rings. The molecule has 0 bridgehead atoms. The minimum absolute atomic E-state index is 0.158. The number of amides is 1. The van der Waals surface area contributed by atoms with Gasteiger partial charge in [-0.15, -0.1) is 0 Å². The van der Waals surface area contributed by atoms with Crippen LogP contribution in [0.1, 0.15) is 12.8 Å². The van der Waals surface area contributed by atoms with Crippen molar-refractivity contribution in [1.82, 2.24) is 10.6 Å². The van der Waals surface area contributed by atoms with Crippen LogP contribution in [0.2, 0.25) is 0 Å². The van der Waals surface area contributed by atoms with Gasteiger partial charge in [0.2, 0.25) is 5.91 Å². The second-order valence-electron chi connectivity index (χ2n) is 4.06. The quantitative estimate of drug-likeness (QED) is 0.716. The Morgan fingerprint density at radius 3 is 3.20 bits per heavy atom. The lowest BCUT2D eigenvalue weighted by atomic mass is 10.1. The molecule has 86 valence electrons. The number of carbonyl (C=O) groups excluding carboxylic acids is 1. The van der Waals surface area contributed by atoms with Crippen LogP contribution in [0.25, 0.3) is 0 Å². The van der Waals surface area contributed by atoms with Crippen LogP contribution in [-0.2, 0) is 9.53 Å². The SMILES string of the molecule is O=C(CC1COCCN1)NC1CCSC1. The molecule has 4 nitrogen and oxygen atoms in total. The number of rotatable bonds is 3. The van der Waals surface area contributed by atoms with Gasteiger partial charge in [0.05, 0.1) is 13.2 Å². The molecule has 0 spiro atoms. The molecule has 5 heteroatoms. The predicted octanol–water partition coefficient (Wildman–Crippen LogP) is -0.0134. The van der Waals surface area contributed by atoms with Gasteiger partial charge in [0.15, 0.2) is 0 Å². The van der Waals surface area contributed by atoms with E-state index in [4.69, 9.17) is 4.74 Å². The van der Waals surface area contributed by atoms with Crippen molar-refractivity contribution >= 4 is 17.7 Å². The Balaban J connectivity index is 1.66. The Hall–Kier alpha value is -0.260. The fourth-order valence-electron chi connectivity index (χ4n) is 1.91. The molecule has 2 atom stereocenters. The summed E-state index contributed by atoms with van der Waals surface area (Å²) in [5.41, 5.74) is 0. The maximum absolute atomic E-state index is 11.7. The molecule has 0 radical (unpaired) electrons. The lowest BCUT2D eigenvalue weighted by molar-refractivity contribution is -0.122. The first kappa shape index (κ1) is 11.2. The second kappa shape index (κ2) is 5.72. The molecule has 0 aromatic rings. The van der Waals surface area contributed by atoms with Crippen LogP contribution in [0, 0.1) is 0 Å². The monoisotopic (exact) mass is 230 g/mol. The molecule has 1 amide bonds. The van der Waals surface area contributed by atoms with Crippen LogP contribution in [0.3, 0.4) is 0 Å². The van der Waals surface area contributed by atoms with Gasteiger partial charge < -0.3 is 15.4 Å². The number of thioether (sulfide) groups is 1. The van der Waals surface area contributed by atoms with E-state index < -0.39 is 0 Å². The van der Waals surface area contributed by atoms with E-state index in [1.165, 1.54) is 5.75 Å². The molecule has 2 N–H and O–H groups in total. The first-order valence-electron chi connectivity index (χ1n) is 5.53. The molecule has 2 rings (SSSR count). The summed E-state index contributed by atoms with van der Waals surface area (Å²) in [4.78, 5) is 11.7. The van der Waals surface area contributed by atoms with Gasteiger partial charge in [-0.1, -0.05) is 0 Å². The lowest BCUT2D eigenvalue weighted by Crippen LogP contribution is -2.45. The van der Waals surface area contributed by atoms with Gasteiger partial charge in [-0.25, -0.2) is 0 Å². The Morgan fingerprint density at radius 1 is 1.60 bits per heavy atom. The molecule has 2 saturated heterocycles. The third-order valence-corrected chi connectivity index (χ3v) is 3.89. The maximum atomic E-state index is 11.7. The fraction of sp³-hybridized carbons (Fsp3) is 0.900. The van der Waals surface area contributed by atoms with Gasteiger partial charge in [-0.05, 0) is 12.2 Å². The van der Waals surface area contributed by atoms with E-state index in [0.29, 0.717) is 19.1 Å². The van der Waals surface area contributed by atoms with Crippen LogP contribution in [0.15, 0.2) is 0 Å². The van der Waals surface area contributed by atoms with Crippen molar-refractivity contribution in [3.8, 4) is 0 Å². The van der Waals surface area contributed by atoms with E-state index in [0.717, 1.165) is 25.3 Å². The van der Waals surface area contributed by atoms with Crippen molar-refractivity contribution in [2.75, 3.05) is 31.3 Å². The summed E-state index contributed by atoms with van der Waals surface area (Å²) in [6.45, 7) is 2.28. The van der Waals surface area contributed by atoms with E-state index in [1.807, 2.05) is 11.8 Å². The molecule has 2 aliphatic heterocycles. The second-order valence-corrected chi connectivity index (χ2v) is 5.21. The average Bonchev–Trinajstić information content (AvgIpc) is 2.71. The summed E-state index contributed by atoms with van der Waals surface area (Å²) in [5, 5.41) is 6.35. The van der Waals surface area contributed by atoms with Crippen molar-refractivity contribution in [1.29, 1.82) is 0 Å². The number of nitrogens with one attached hydrogen (secondary N) is 2. The van der Waals surface area contributed by atoms with E-state index in [2.05, 4.69) is 10.6 Å². The number of hydrogen-bond acceptors (Lipinski definition) is 4. The summed E-state index contributed by atoms with van der Waals surface area (Å²) in [6.07, 6.45) is 1.66. The van der Waals surface area contributed by atoms with Crippen molar-refractivity contribution in [2.24, 2.45) is 0 Å². The molecular formula is C10H18N2O2S. The Labute approximate surface area is 94.5 Å². The molecular weight excluding hydrogens is 212 g/mol. The normalized spacial score (nSPS) is 31.5. The molecule has 2 unspecified atom stereocenters. The van der Waals surface area contributed by atoms with Gasteiger partial charge in [-0.2, -0.15) is 11.8 Å². The highest BCUT2D eigenvalue weighted by Gasteiger charge is 2.21. The Kier molecular flexibility index (Phi) is 4.29. The zero-order chi connectivity index (χ0) is 10.5. The molecule has 2 aliphatic rings. The Bertz CT molecular complexity index is 213. The average molecular weight is 230 g/mol. The predicted molar refractivity (Wildman–Crippen MR) is 61.1 cm³/mol. The summed E-state index contributed by atoms with van der Waals surface area (Å²) in [5.74, 6) is 2.40. The molecule has 15 heavy (non-hydrogen) atoms. The van der Waals surface area contributed by atoms with Gasteiger partial charge >= 0.3 is 0 Å². The first-order chi connectivity index (χ1) is 7.34. The van der Waals surface area contributed by atoms with E-state index in [-0.39, 0.29) is 11.9 Å².